The first-order valence-corrected chi connectivity index (χ1v) is 9.11. The lowest BCUT2D eigenvalue weighted by Crippen LogP contribution is -2.07. The lowest BCUT2D eigenvalue weighted by atomic mass is 9.92. The van der Waals surface area contributed by atoms with Crippen LogP contribution in [-0.4, -0.2) is 0 Å². The van der Waals surface area contributed by atoms with Crippen molar-refractivity contribution >= 4 is 0 Å². The van der Waals surface area contributed by atoms with Crippen molar-refractivity contribution in [3.8, 4) is 0 Å². The van der Waals surface area contributed by atoms with Gasteiger partial charge in [0, 0.05) is 0 Å². The predicted octanol–water partition coefficient (Wildman–Crippen LogP) is 6.36. The van der Waals surface area contributed by atoms with Crippen molar-refractivity contribution in [1.82, 2.24) is 0 Å². The van der Waals surface area contributed by atoms with E-state index in [1.165, 1.54) is 0 Å². The van der Waals surface area contributed by atoms with Crippen molar-refractivity contribution in [2.75, 3.05) is 0 Å². The molecule has 0 aliphatic heterocycles. The first-order valence-electron chi connectivity index (χ1n) is 9.11. The Labute approximate surface area is 129 Å². The first kappa shape index (κ1) is 18.1. The zero-order valence-electron chi connectivity index (χ0n) is 15.8. The van der Waals surface area contributed by atoms with E-state index in [1.54, 1.807) is 0 Å². The van der Waals surface area contributed by atoms with E-state index in [2.05, 4.69) is 69.2 Å². The van der Waals surface area contributed by atoms with Gasteiger partial charge in [-0.1, -0.05) is 69.2 Å². The van der Waals surface area contributed by atoms with Gasteiger partial charge in [-0.3, -0.25) is 0 Å². The lowest BCUT2D eigenvalue weighted by molar-refractivity contribution is 0.352. The van der Waals surface area contributed by atoms with Crippen LogP contribution in [0.4, 0.5) is 0 Å². The normalized spacial score (nSPS) is 55.5. The topological polar surface area (TPSA) is 0 Å². The minimum absolute atomic E-state index is 0.935. The van der Waals surface area contributed by atoms with Crippen LogP contribution in [0.1, 0.15) is 69.2 Å². The van der Waals surface area contributed by atoms with E-state index in [-0.39, 0.29) is 0 Å². The second-order valence-corrected chi connectivity index (χ2v) is 8.59. The molecule has 0 N–H and O–H groups in total. The average Bonchev–Trinajstić information content (AvgIpc) is 2.71. The van der Waals surface area contributed by atoms with E-state index in [0.717, 1.165) is 59.2 Å². The van der Waals surface area contributed by atoms with Crippen LogP contribution in [0.15, 0.2) is 0 Å². The van der Waals surface area contributed by atoms with Crippen LogP contribution in [0, 0.1) is 59.2 Å². The Balaban J connectivity index is 0.000000200. The van der Waals surface area contributed by atoms with Crippen LogP contribution in [0.3, 0.4) is 0 Å². The van der Waals surface area contributed by atoms with Crippen LogP contribution in [-0.2, 0) is 0 Å². The van der Waals surface area contributed by atoms with Gasteiger partial charge in [0.1, 0.15) is 0 Å². The standard InChI is InChI=1S/2C10H20/c2*1-6-7(2)9(4)10(5)8(6)3/h2*6-10H,1-5H3. The summed E-state index contributed by atoms with van der Waals surface area (Å²) in [6.45, 7) is 24.0. The van der Waals surface area contributed by atoms with Gasteiger partial charge in [-0.15, -0.1) is 0 Å². The van der Waals surface area contributed by atoms with E-state index < -0.39 is 0 Å². The minimum Gasteiger partial charge on any atom is -0.0620 e. The molecular weight excluding hydrogens is 240 g/mol. The Bertz CT molecular complexity index is 175. The second-order valence-electron chi connectivity index (χ2n) is 8.59. The third-order valence-electron chi connectivity index (χ3n) is 8.29. The molecule has 0 amide bonds. The van der Waals surface area contributed by atoms with Gasteiger partial charge in [0.15, 0.2) is 0 Å². The third-order valence-corrected chi connectivity index (χ3v) is 8.29. The van der Waals surface area contributed by atoms with E-state index >= 15 is 0 Å². The molecule has 2 fully saturated rings. The Morgan fingerprint density at radius 1 is 0.200 bits per heavy atom. The quantitative estimate of drug-likeness (QED) is 0.484. The van der Waals surface area contributed by atoms with Crippen LogP contribution in [0.5, 0.6) is 0 Å². The van der Waals surface area contributed by atoms with E-state index in [4.69, 9.17) is 0 Å². The predicted molar refractivity (Wildman–Crippen MR) is 91.6 cm³/mol. The fourth-order valence-corrected chi connectivity index (χ4v) is 4.79. The summed E-state index contributed by atoms with van der Waals surface area (Å²) in [5.41, 5.74) is 0. The van der Waals surface area contributed by atoms with E-state index in [1.807, 2.05) is 0 Å². The molecule has 0 unspecified atom stereocenters. The second kappa shape index (κ2) is 6.84. The first-order chi connectivity index (χ1) is 9.11. The summed E-state index contributed by atoms with van der Waals surface area (Å²) < 4.78 is 0. The molecule has 2 saturated carbocycles. The molecule has 120 valence electrons. The summed E-state index contributed by atoms with van der Waals surface area (Å²) in [4.78, 5) is 0. The van der Waals surface area contributed by atoms with Crippen molar-refractivity contribution in [2.45, 2.75) is 69.2 Å². The molecule has 0 spiro atoms. The maximum absolute atomic E-state index is 2.40. The zero-order chi connectivity index (χ0) is 15.8. The van der Waals surface area contributed by atoms with Gasteiger partial charge in [0.25, 0.3) is 0 Å². The molecule has 2 rings (SSSR count). The molecule has 2 aliphatic carbocycles. The molecule has 0 atom stereocenters. The molecule has 0 bridgehead atoms. The van der Waals surface area contributed by atoms with Crippen molar-refractivity contribution in [1.29, 1.82) is 0 Å². The van der Waals surface area contributed by atoms with Crippen molar-refractivity contribution < 1.29 is 0 Å². The Morgan fingerprint density at radius 3 is 0.300 bits per heavy atom. The summed E-state index contributed by atoms with van der Waals surface area (Å²) in [6.07, 6.45) is 0. The van der Waals surface area contributed by atoms with E-state index in [0.29, 0.717) is 0 Å². The Kier molecular flexibility index (Phi) is 6.17. The maximum Gasteiger partial charge on any atom is -0.0386 e. The molecule has 0 heterocycles. The highest BCUT2D eigenvalue weighted by molar-refractivity contribution is 4.87. The molecule has 0 heteroatoms. The van der Waals surface area contributed by atoms with Gasteiger partial charge in [-0.25, -0.2) is 0 Å². The summed E-state index contributed by atoms with van der Waals surface area (Å²) in [5, 5.41) is 0. The Hall–Kier alpha value is 0. The van der Waals surface area contributed by atoms with Crippen LogP contribution < -0.4 is 0 Å². The van der Waals surface area contributed by atoms with Crippen LogP contribution >= 0.6 is 0 Å². The number of hydrogen-bond acceptors (Lipinski definition) is 0. The smallest absolute Gasteiger partial charge is 0.0386 e. The van der Waals surface area contributed by atoms with Crippen LogP contribution in [0.25, 0.3) is 0 Å². The van der Waals surface area contributed by atoms with Gasteiger partial charge in [0.2, 0.25) is 0 Å². The van der Waals surface area contributed by atoms with Gasteiger partial charge in [0.05, 0.1) is 0 Å². The van der Waals surface area contributed by atoms with Crippen molar-refractivity contribution in [3.63, 3.8) is 0 Å². The monoisotopic (exact) mass is 280 g/mol. The summed E-state index contributed by atoms with van der Waals surface area (Å²) in [5.74, 6) is 9.35. The molecule has 2 aliphatic rings. The highest BCUT2D eigenvalue weighted by Crippen LogP contribution is 2.45. The Morgan fingerprint density at radius 2 is 0.250 bits per heavy atom. The van der Waals surface area contributed by atoms with E-state index in [9.17, 15) is 0 Å². The minimum atomic E-state index is 0.935. The highest BCUT2D eigenvalue weighted by atomic mass is 14.4. The zero-order valence-corrected chi connectivity index (χ0v) is 15.8. The molecular formula is C20H40. The summed E-state index contributed by atoms with van der Waals surface area (Å²) >= 11 is 0. The van der Waals surface area contributed by atoms with Gasteiger partial charge < -0.3 is 0 Å². The van der Waals surface area contributed by atoms with Gasteiger partial charge in [-0.2, -0.15) is 0 Å². The fraction of sp³-hybridized carbons (Fsp3) is 1.00. The van der Waals surface area contributed by atoms with Crippen molar-refractivity contribution in [3.05, 3.63) is 0 Å². The molecule has 0 radical (unpaired) electrons. The van der Waals surface area contributed by atoms with Crippen LogP contribution in [0.2, 0.25) is 0 Å². The number of rotatable bonds is 0. The van der Waals surface area contributed by atoms with Gasteiger partial charge >= 0.3 is 0 Å². The molecule has 0 nitrogen and oxygen atoms in total. The number of hydrogen-bond donors (Lipinski definition) is 0. The highest BCUT2D eigenvalue weighted by Gasteiger charge is 2.39. The van der Waals surface area contributed by atoms with Crippen molar-refractivity contribution in [2.24, 2.45) is 59.2 Å². The largest absolute Gasteiger partial charge is 0.0620 e. The molecule has 0 aromatic rings. The molecule has 0 aromatic carbocycles. The lowest BCUT2D eigenvalue weighted by Gasteiger charge is -2.14. The third kappa shape index (κ3) is 3.25. The average molecular weight is 281 g/mol. The summed E-state index contributed by atoms with van der Waals surface area (Å²) in [7, 11) is 0. The fourth-order valence-electron chi connectivity index (χ4n) is 4.79. The molecule has 20 heavy (non-hydrogen) atoms. The SMILES string of the molecule is CC1C(C)C(C)C(C)C1C.CC1C(C)C(C)C(C)C1C. The maximum atomic E-state index is 2.40. The summed E-state index contributed by atoms with van der Waals surface area (Å²) in [6, 6.07) is 0. The molecule has 0 aromatic heterocycles. The van der Waals surface area contributed by atoms with Gasteiger partial charge in [-0.05, 0) is 59.2 Å². The molecule has 0 saturated heterocycles.